The molecule has 1 atom stereocenters. The van der Waals surface area contributed by atoms with Gasteiger partial charge in [-0.1, -0.05) is 26.0 Å². The Hall–Kier alpha value is -1.56. The maximum absolute atomic E-state index is 10.2. The van der Waals surface area contributed by atoms with Crippen LogP contribution in [0.15, 0.2) is 30.9 Å². The van der Waals surface area contributed by atoms with Gasteiger partial charge in [-0.2, -0.15) is 0 Å². The number of rotatable bonds is 13. The highest BCUT2D eigenvalue weighted by Gasteiger charge is 2.14. The van der Waals surface area contributed by atoms with Crippen molar-refractivity contribution in [1.82, 2.24) is 4.90 Å². The van der Waals surface area contributed by atoms with Gasteiger partial charge in [0.05, 0.1) is 33.5 Å². The Morgan fingerprint density at radius 3 is 2.52 bits per heavy atom. The summed E-state index contributed by atoms with van der Waals surface area (Å²) in [5, 5.41) is 10.2. The number of benzene rings is 1. The molecule has 5 heteroatoms. The summed E-state index contributed by atoms with van der Waals surface area (Å²) in [6.07, 6.45) is 2.24. The first-order valence-corrected chi connectivity index (χ1v) is 8.80. The zero-order chi connectivity index (χ0) is 18.7. The molecule has 0 heterocycles. The molecule has 25 heavy (non-hydrogen) atoms. The van der Waals surface area contributed by atoms with Crippen molar-refractivity contribution in [2.75, 3.05) is 40.5 Å². The van der Waals surface area contributed by atoms with E-state index in [0.717, 1.165) is 36.6 Å². The van der Waals surface area contributed by atoms with Crippen molar-refractivity contribution in [3.05, 3.63) is 36.4 Å². The number of methoxy groups -OCH3 is 2. The number of hydrogen-bond donors (Lipinski definition) is 1. The molecule has 1 unspecified atom stereocenters. The zero-order valence-corrected chi connectivity index (χ0v) is 16.0. The molecule has 0 saturated heterocycles. The van der Waals surface area contributed by atoms with E-state index in [2.05, 4.69) is 25.3 Å². The first kappa shape index (κ1) is 21.5. The maximum atomic E-state index is 10.2. The molecule has 0 amide bonds. The quantitative estimate of drug-likeness (QED) is 0.437. The van der Waals surface area contributed by atoms with Crippen molar-refractivity contribution in [2.24, 2.45) is 5.92 Å². The van der Waals surface area contributed by atoms with Crippen LogP contribution in [0, 0.1) is 5.92 Å². The van der Waals surface area contributed by atoms with Crippen molar-refractivity contribution in [3.8, 4) is 11.5 Å². The summed E-state index contributed by atoms with van der Waals surface area (Å²) in [5.74, 6) is 2.05. The Morgan fingerprint density at radius 2 is 1.92 bits per heavy atom. The molecular weight excluding hydrogens is 318 g/mol. The fraction of sp³-hybridized carbons (Fsp3) is 0.600. The highest BCUT2D eigenvalue weighted by atomic mass is 16.5. The molecule has 1 aromatic rings. The van der Waals surface area contributed by atoms with Crippen LogP contribution in [0.5, 0.6) is 11.5 Å². The first-order valence-electron chi connectivity index (χ1n) is 8.80. The fourth-order valence-corrected chi connectivity index (χ4v) is 2.55. The predicted octanol–water partition coefficient (Wildman–Crippen LogP) is 3.12. The minimum Gasteiger partial charge on any atom is -0.493 e. The molecule has 5 nitrogen and oxygen atoms in total. The summed E-state index contributed by atoms with van der Waals surface area (Å²) in [5.41, 5.74) is 1.13. The number of hydrogen-bond acceptors (Lipinski definition) is 5. The van der Waals surface area contributed by atoms with E-state index in [9.17, 15) is 5.11 Å². The molecule has 0 aromatic heterocycles. The summed E-state index contributed by atoms with van der Waals surface area (Å²) < 4.78 is 16.0. The summed E-state index contributed by atoms with van der Waals surface area (Å²) >= 11 is 0. The Balaban J connectivity index is 2.73. The van der Waals surface area contributed by atoms with Gasteiger partial charge in [-0.3, -0.25) is 4.90 Å². The second-order valence-corrected chi connectivity index (χ2v) is 6.59. The van der Waals surface area contributed by atoms with Gasteiger partial charge >= 0.3 is 0 Å². The van der Waals surface area contributed by atoms with Gasteiger partial charge in [0.1, 0.15) is 0 Å². The molecule has 0 saturated carbocycles. The second kappa shape index (κ2) is 11.9. The van der Waals surface area contributed by atoms with Crippen LogP contribution in [-0.4, -0.2) is 56.6 Å². The van der Waals surface area contributed by atoms with Crippen LogP contribution in [0.2, 0.25) is 0 Å². The molecule has 0 spiro atoms. The summed E-state index contributed by atoms with van der Waals surface area (Å²) in [6.45, 7) is 11.0. The lowest BCUT2D eigenvalue weighted by Gasteiger charge is -2.26. The fourth-order valence-electron chi connectivity index (χ4n) is 2.55. The molecule has 142 valence electrons. The molecule has 1 aromatic carbocycles. The average molecular weight is 351 g/mol. The van der Waals surface area contributed by atoms with Gasteiger partial charge in [0, 0.05) is 13.1 Å². The predicted molar refractivity (Wildman–Crippen MR) is 101 cm³/mol. The zero-order valence-electron chi connectivity index (χ0n) is 16.0. The normalized spacial score (nSPS) is 12.4. The minimum atomic E-state index is -0.521. The van der Waals surface area contributed by atoms with Gasteiger partial charge in [0.15, 0.2) is 11.5 Å². The van der Waals surface area contributed by atoms with Crippen molar-refractivity contribution in [1.29, 1.82) is 0 Å². The number of aliphatic hydroxyl groups excluding tert-OH is 1. The van der Waals surface area contributed by atoms with E-state index < -0.39 is 6.10 Å². The molecule has 0 aliphatic rings. The lowest BCUT2D eigenvalue weighted by atomic mass is 10.1. The molecule has 0 aliphatic heterocycles. The highest BCUT2D eigenvalue weighted by molar-refractivity contribution is 5.42. The average Bonchev–Trinajstić information content (AvgIpc) is 2.59. The van der Waals surface area contributed by atoms with E-state index in [1.54, 1.807) is 20.3 Å². The third kappa shape index (κ3) is 8.38. The van der Waals surface area contributed by atoms with Crippen molar-refractivity contribution in [3.63, 3.8) is 0 Å². The van der Waals surface area contributed by atoms with E-state index in [4.69, 9.17) is 14.2 Å². The van der Waals surface area contributed by atoms with Crippen LogP contribution >= 0.6 is 0 Å². The molecule has 1 N–H and O–H groups in total. The number of ether oxygens (including phenoxy) is 3. The van der Waals surface area contributed by atoms with Crippen LogP contribution in [-0.2, 0) is 11.3 Å². The standard InChI is InChI=1S/C20H33NO4/c1-6-11-25-15-18(22)14-21(10-9-16(2)3)13-17-7-8-19(23-4)20(12-17)24-5/h6-8,12,16,18,22H,1,9-11,13-15H2,2-5H3. The molecule has 1 rings (SSSR count). The van der Waals surface area contributed by atoms with Crippen LogP contribution in [0.3, 0.4) is 0 Å². The SMILES string of the molecule is C=CCOCC(O)CN(CCC(C)C)Cc1ccc(OC)c(OC)c1. The van der Waals surface area contributed by atoms with Gasteiger partial charge in [-0.25, -0.2) is 0 Å². The Morgan fingerprint density at radius 1 is 1.20 bits per heavy atom. The molecule has 0 radical (unpaired) electrons. The highest BCUT2D eigenvalue weighted by Crippen LogP contribution is 2.28. The second-order valence-electron chi connectivity index (χ2n) is 6.59. The van der Waals surface area contributed by atoms with Crippen LogP contribution in [0.1, 0.15) is 25.8 Å². The lowest BCUT2D eigenvalue weighted by molar-refractivity contribution is 0.0237. The Bertz CT molecular complexity index is 504. The Kier molecular flexibility index (Phi) is 10.2. The smallest absolute Gasteiger partial charge is 0.161 e. The number of nitrogens with zero attached hydrogens (tertiary/aromatic N) is 1. The molecular formula is C20H33NO4. The number of aliphatic hydroxyl groups is 1. The third-order valence-corrected chi connectivity index (χ3v) is 3.89. The maximum Gasteiger partial charge on any atom is 0.161 e. The molecule has 0 fully saturated rings. The summed E-state index contributed by atoms with van der Waals surface area (Å²) in [6, 6.07) is 5.94. The van der Waals surface area contributed by atoms with E-state index in [0.29, 0.717) is 25.7 Å². The van der Waals surface area contributed by atoms with Crippen molar-refractivity contribution in [2.45, 2.75) is 32.9 Å². The monoisotopic (exact) mass is 351 g/mol. The minimum absolute atomic E-state index is 0.316. The van der Waals surface area contributed by atoms with Crippen molar-refractivity contribution >= 4 is 0 Å². The first-order chi connectivity index (χ1) is 12.0. The van der Waals surface area contributed by atoms with Gasteiger partial charge in [0.25, 0.3) is 0 Å². The van der Waals surface area contributed by atoms with Gasteiger partial charge < -0.3 is 19.3 Å². The van der Waals surface area contributed by atoms with Crippen LogP contribution in [0.4, 0.5) is 0 Å². The lowest BCUT2D eigenvalue weighted by Crippen LogP contribution is -2.35. The molecule has 0 bridgehead atoms. The summed E-state index contributed by atoms with van der Waals surface area (Å²) in [7, 11) is 3.27. The van der Waals surface area contributed by atoms with Gasteiger partial charge in [-0.15, -0.1) is 6.58 Å². The third-order valence-electron chi connectivity index (χ3n) is 3.89. The summed E-state index contributed by atoms with van der Waals surface area (Å²) in [4.78, 5) is 2.25. The van der Waals surface area contributed by atoms with E-state index in [1.165, 1.54) is 0 Å². The van der Waals surface area contributed by atoms with Gasteiger partial charge in [0.2, 0.25) is 0 Å². The van der Waals surface area contributed by atoms with E-state index >= 15 is 0 Å². The van der Waals surface area contributed by atoms with E-state index in [-0.39, 0.29) is 0 Å². The van der Waals surface area contributed by atoms with Gasteiger partial charge in [-0.05, 0) is 36.6 Å². The van der Waals surface area contributed by atoms with Crippen molar-refractivity contribution < 1.29 is 19.3 Å². The van der Waals surface area contributed by atoms with Crippen LogP contribution in [0.25, 0.3) is 0 Å². The van der Waals surface area contributed by atoms with E-state index in [1.807, 2.05) is 18.2 Å². The topological polar surface area (TPSA) is 51.2 Å². The van der Waals surface area contributed by atoms with Crippen LogP contribution < -0.4 is 9.47 Å². The largest absolute Gasteiger partial charge is 0.493 e. The Labute approximate surface area is 152 Å². The molecule has 0 aliphatic carbocycles.